The Hall–Kier alpha value is -4.72. The number of nitrogens with zero attached hydrogens (tertiary/aromatic N) is 2. The fraction of sp³-hybridized carbons (Fsp3) is 0.143. The van der Waals surface area contributed by atoms with Crippen molar-refractivity contribution in [1.29, 1.82) is 0 Å². The Labute approximate surface area is 206 Å². The highest BCUT2D eigenvalue weighted by atomic mass is 16.5. The van der Waals surface area contributed by atoms with Crippen LogP contribution in [0.15, 0.2) is 88.1 Å². The number of hydrogen-bond acceptors (Lipinski definition) is 7. The molecule has 0 aliphatic heterocycles. The fourth-order valence-electron chi connectivity index (χ4n) is 3.80. The van der Waals surface area contributed by atoms with E-state index in [1.807, 2.05) is 25.1 Å². The van der Waals surface area contributed by atoms with Crippen LogP contribution in [0.4, 0.5) is 5.69 Å². The molecule has 3 aromatic heterocycles. The van der Waals surface area contributed by atoms with Crippen LogP contribution in [0.3, 0.4) is 0 Å². The van der Waals surface area contributed by atoms with Crippen LogP contribution in [0.1, 0.15) is 29.3 Å². The van der Waals surface area contributed by atoms with E-state index < -0.39 is 12.1 Å². The van der Waals surface area contributed by atoms with Crippen LogP contribution < -0.4 is 5.32 Å². The highest BCUT2D eigenvalue weighted by Gasteiger charge is 2.23. The lowest BCUT2D eigenvalue weighted by Crippen LogP contribution is -2.32. The molecular formula is C28H23N3O5. The van der Waals surface area contributed by atoms with Gasteiger partial charge in [-0.3, -0.25) is 4.79 Å². The van der Waals surface area contributed by atoms with Crippen LogP contribution in [-0.4, -0.2) is 27.9 Å². The number of aryl methyl sites for hydroxylation is 1. The Bertz CT molecular complexity index is 1520. The van der Waals surface area contributed by atoms with Crippen molar-refractivity contribution in [3.63, 3.8) is 0 Å². The molecule has 2 aromatic carbocycles. The van der Waals surface area contributed by atoms with Crippen LogP contribution in [0.5, 0.6) is 0 Å². The third-order valence-electron chi connectivity index (χ3n) is 5.72. The van der Waals surface area contributed by atoms with E-state index in [0.717, 1.165) is 5.56 Å². The molecule has 3 heterocycles. The van der Waals surface area contributed by atoms with Gasteiger partial charge in [-0.05, 0) is 67.4 Å². The van der Waals surface area contributed by atoms with Gasteiger partial charge in [0.15, 0.2) is 17.6 Å². The molecular weight excluding hydrogens is 458 g/mol. The summed E-state index contributed by atoms with van der Waals surface area (Å²) in [7, 11) is 0. The van der Waals surface area contributed by atoms with Crippen LogP contribution in [-0.2, 0) is 9.53 Å². The summed E-state index contributed by atoms with van der Waals surface area (Å²) in [5, 5.41) is 2.83. The summed E-state index contributed by atoms with van der Waals surface area (Å²) >= 11 is 0. The molecule has 0 saturated heterocycles. The summed E-state index contributed by atoms with van der Waals surface area (Å²) in [5.41, 5.74) is 3.90. The van der Waals surface area contributed by atoms with Gasteiger partial charge in [0.2, 0.25) is 0 Å². The van der Waals surface area contributed by atoms with Gasteiger partial charge < -0.3 is 18.9 Å². The zero-order chi connectivity index (χ0) is 25.1. The van der Waals surface area contributed by atoms with E-state index in [2.05, 4.69) is 5.32 Å². The number of furan rings is 2. The predicted octanol–water partition coefficient (Wildman–Crippen LogP) is 6.03. The van der Waals surface area contributed by atoms with Crippen LogP contribution in [0.25, 0.3) is 33.9 Å². The van der Waals surface area contributed by atoms with Crippen molar-refractivity contribution in [2.45, 2.75) is 26.4 Å². The van der Waals surface area contributed by atoms with E-state index >= 15 is 0 Å². The zero-order valence-electron chi connectivity index (χ0n) is 19.7. The molecule has 0 bridgehead atoms. The normalized spacial score (nSPS) is 11.8. The number of benzene rings is 2. The molecule has 0 aliphatic rings. The largest absolute Gasteiger partial charge is 0.463 e. The van der Waals surface area contributed by atoms with Crippen molar-refractivity contribution < 1.29 is 23.2 Å². The number of amides is 1. The van der Waals surface area contributed by atoms with E-state index in [4.69, 9.17) is 23.5 Å². The average Bonchev–Trinajstić information content (AvgIpc) is 3.62. The second-order valence-electron chi connectivity index (χ2n) is 8.19. The van der Waals surface area contributed by atoms with Gasteiger partial charge in [0.05, 0.1) is 29.1 Å². The maximum absolute atomic E-state index is 13.0. The maximum atomic E-state index is 13.0. The van der Waals surface area contributed by atoms with E-state index in [1.54, 1.807) is 68.0 Å². The zero-order valence-corrected chi connectivity index (χ0v) is 19.7. The molecule has 1 atom stereocenters. The predicted molar refractivity (Wildman–Crippen MR) is 134 cm³/mol. The van der Waals surface area contributed by atoms with Crippen molar-refractivity contribution in [3.05, 3.63) is 90.4 Å². The third-order valence-corrected chi connectivity index (χ3v) is 5.72. The molecule has 0 saturated carbocycles. The SMILES string of the molecule is CCC(OC(=O)c1ccc2nc(-c3ccco3)c(-c3ccco3)nc2c1)C(=O)Nc1ccccc1C. The number of ether oxygens (including phenoxy) is 1. The molecule has 1 unspecified atom stereocenters. The molecule has 36 heavy (non-hydrogen) atoms. The number of carbonyl (C=O) groups is 2. The quantitative estimate of drug-likeness (QED) is 0.283. The fourth-order valence-corrected chi connectivity index (χ4v) is 3.80. The van der Waals surface area contributed by atoms with Crippen LogP contribution in [0, 0.1) is 6.92 Å². The Morgan fingerprint density at radius 3 is 2.17 bits per heavy atom. The summed E-state index contributed by atoms with van der Waals surface area (Å²) < 4.78 is 16.7. The molecule has 8 nitrogen and oxygen atoms in total. The Morgan fingerprint density at radius 2 is 1.56 bits per heavy atom. The lowest BCUT2D eigenvalue weighted by atomic mass is 10.1. The summed E-state index contributed by atoms with van der Waals surface area (Å²) in [4.78, 5) is 35.2. The van der Waals surface area contributed by atoms with E-state index in [9.17, 15) is 9.59 Å². The molecule has 0 aliphatic carbocycles. The van der Waals surface area contributed by atoms with Crippen molar-refractivity contribution in [3.8, 4) is 22.9 Å². The number of anilines is 1. The van der Waals surface area contributed by atoms with E-state index in [0.29, 0.717) is 46.0 Å². The monoisotopic (exact) mass is 481 g/mol. The maximum Gasteiger partial charge on any atom is 0.338 e. The molecule has 8 heteroatoms. The van der Waals surface area contributed by atoms with E-state index in [-0.39, 0.29) is 11.5 Å². The van der Waals surface area contributed by atoms with Gasteiger partial charge in [-0.25, -0.2) is 14.8 Å². The van der Waals surface area contributed by atoms with Crippen LogP contribution >= 0.6 is 0 Å². The van der Waals surface area contributed by atoms with Gasteiger partial charge in [-0.2, -0.15) is 0 Å². The van der Waals surface area contributed by atoms with Gasteiger partial charge in [-0.15, -0.1) is 0 Å². The molecule has 180 valence electrons. The second kappa shape index (κ2) is 9.87. The molecule has 1 N–H and O–H groups in total. The highest BCUT2D eigenvalue weighted by molar-refractivity contribution is 5.99. The van der Waals surface area contributed by atoms with Gasteiger partial charge in [0.1, 0.15) is 11.4 Å². The summed E-state index contributed by atoms with van der Waals surface area (Å²) in [6, 6.07) is 19.4. The number of fused-ring (bicyclic) bond motifs is 1. The van der Waals surface area contributed by atoms with Gasteiger partial charge in [-0.1, -0.05) is 25.1 Å². The summed E-state index contributed by atoms with van der Waals surface area (Å²) in [5.74, 6) is 0.0523. The number of para-hydroxylation sites is 1. The van der Waals surface area contributed by atoms with Gasteiger partial charge >= 0.3 is 5.97 Å². The number of aromatic nitrogens is 2. The molecule has 5 rings (SSSR count). The summed E-state index contributed by atoms with van der Waals surface area (Å²) in [6.45, 7) is 3.68. The minimum atomic E-state index is -0.945. The smallest absolute Gasteiger partial charge is 0.338 e. The lowest BCUT2D eigenvalue weighted by molar-refractivity contribution is -0.124. The van der Waals surface area contributed by atoms with Crippen molar-refractivity contribution >= 4 is 28.6 Å². The molecule has 1 amide bonds. The number of rotatable bonds is 7. The number of carbonyl (C=O) groups excluding carboxylic acids is 2. The molecule has 0 radical (unpaired) electrons. The molecule has 0 fully saturated rings. The minimum Gasteiger partial charge on any atom is -0.463 e. The standard InChI is InChI=1S/C28H23N3O5/c1-3-22(27(32)31-19-9-5-4-8-17(19)2)36-28(33)18-12-13-20-21(16-18)30-26(24-11-7-15-35-24)25(29-20)23-10-6-14-34-23/h4-16,22H,3H2,1-2H3,(H,31,32). The Kier molecular flexibility index (Phi) is 6.32. The molecule has 5 aromatic rings. The number of esters is 1. The Morgan fingerprint density at radius 1 is 0.889 bits per heavy atom. The first-order valence-corrected chi connectivity index (χ1v) is 11.5. The van der Waals surface area contributed by atoms with Crippen molar-refractivity contribution in [2.75, 3.05) is 5.32 Å². The first-order chi connectivity index (χ1) is 17.5. The minimum absolute atomic E-state index is 0.259. The van der Waals surface area contributed by atoms with Crippen molar-refractivity contribution in [1.82, 2.24) is 9.97 Å². The number of nitrogens with one attached hydrogen (secondary N) is 1. The Balaban J connectivity index is 1.42. The number of hydrogen-bond donors (Lipinski definition) is 1. The average molecular weight is 482 g/mol. The van der Waals surface area contributed by atoms with Gasteiger partial charge in [0.25, 0.3) is 5.91 Å². The first-order valence-electron chi connectivity index (χ1n) is 11.5. The van der Waals surface area contributed by atoms with Crippen molar-refractivity contribution in [2.24, 2.45) is 0 Å². The topological polar surface area (TPSA) is 107 Å². The van der Waals surface area contributed by atoms with Crippen LogP contribution in [0.2, 0.25) is 0 Å². The third kappa shape index (κ3) is 4.61. The molecule has 0 spiro atoms. The summed E-state index contributed by atoms with van der Waals surface area (Å²) in [6.07, 6.45) is 2.49. The van der Waals surface area contributed by atoms with E-state index in [1.165, 1.54) is 0 Å². The van der Waals surface area contributed by atoms with Gasteiger partial charge in [0, 0.05) is 5.69 Å². The highest BCUT2D eigenvalue weighted by Crippen LogP contribution is 2.31. The first kappa shape index (κ1) is 23.0. The lowest BCUT2D eigenvalue weighted by Gasteiger charge is -2.17. The second-order valence-corrected chi connectivity index (χ2v) is 8.19.